The highest BCUT2D eigenvalue weighted by molar-refractivity contribution is 7.47. The van der Waals surface area contributed by atoms with Crippen molar-refractivity contribution in [2.75, 3.05) is 84.1 Å². The Labute approximate surface area is 353 Å². The number of aromatic nitrogens is 8. The Morgan fingerprint density at radius 2 is 1.22 bits per heavy atom. The molecule has 3 aliphatic heterocycles. The quantitative estimate of drug-likeness (QED) is 0.0366. The lowest BCUT2D eigenvalue weighted by Gasteiger charge is -2.29. The number of anilines is 2. The number of aliphatic hydroxyl groups is 1. The molecule has 12 N–H and O–H groups in total. The predicted molar refractivity (Wildman–Crippen MR) is 209 cm³/mol. The molecule has 0 spiro atoms. The van der Waals surface area contributed by atoms with E-state index in [1.807, 2.05) is 0 Å². The second kappa shape index (κ2) is 20.2. The van der Waals surface area contributed by atoms with Crippen LogP contribution in [0.25, 0.3) is 22.3 Å². The number of nitrogen functional groups attached to an aromatic ring is 2. The van der Waals surface area contributed by atoms with Crippen molar-refractivity contribution in [1.29, 1.82) is 0 Å². The van der Waals surface area contributed by atoms with E-state index in [4.69, 9.17) is 63.7 Å². The van der Waals surface area contributed by atoms with E-state index in [1.54, 1.807) is 0 Å². The van der Waals surface area contributed by atoms with Crippen molar-refractivity contribution in [2.45, 2.75) is 55.4 Å². The number of nitrogens with two attached hydrogens (primary N) is 3. The van der Waals surface area contributed by atoms with Crippen LogP contribution in [0.2, 0.25) is 0 Å². The number of aromatic amines is 2. The molecule has 0 bridgehead atoms. The molecule has 348 valence electrons. The molecule has 3 aliphatic rings. The number of aliphatic hydroxyl groups excluding tert-OH is 1. The second-order valence-electron chi connectivity index (χ2n) is 13.9. The third-order valence-electron chi connectivity index (χ3n) is 9.59. The Morgan fingerprint density at radius 3 is 1.76 bits per heavy atom. The zero-order valence-corrected chi connectivity index (χ0v) is 34.8. The zero-order valence-electron chi connectivity index (χ0n) is 33.0. The number of hydrogen-bond acceptors (Lipinski definition) is 23. The summed E-state index contributed by atoms with van der Waals surface area (Å²) in [7, 11) is -10.5. The monoisotopic (exact) mass is 936 g/mol. The van der Waals surface area contributed by atoms with Crippen molar-refractivity contribution in [3.8, 4) is 0 Å². The van der Waals surface area contributed by atoms with Gasteiger partial charge in [0.1, 0.15) is 36.6 Å². The standard InChI is InChI=1S/C31H46N12O18P2/c32-2-4-53-6-8-55-10-9-54-7-5-52-3-1-17(44)37-18-22-15(58-28(18)42-13-35-19-24(42)38-30(33)40-26(19)46)11-56-63(50,51)61-23-16(12-57-62(48,49)60-22)59-29(21(23)45)43-14-36-20-25(43)39-31(34)41-27(20)47/h13-16,18,21-23,28-29,45H,1-12,32H2,(H,37,44)(H,48,49)(H,50,51)(H3,33,38,40,46)(H3,34,39,41,47)/t15-,16-,18?,21+,22+,23?,28-,29-/m1/s1. The van der Waals surface area contributed by atoms with E-state index >= 15 is 0 Å². The number of rotatable bonds is 17. The minimum atomic E-state index is -5.24. The number of carbonyl (C=O) groups is 1. The van der Waals surface area contributed by atoms with Gasteiger partial charge in [-0.1, -0.05) is 0 Å². The molecule has 3 saturated heterocycles. The van der Waals surface area contributed by atoms with E-state index < -0.39 is 94.9 Å². The predicted octanol–water partition coefficient (Wildman–Crippen LogP) is -3.51. The average Bonchev–Trinajstić information content (AvgIpc) is 3.99. The molecule has 30 nitrogen and oxygen atoms in total. The van der Waals surface area contributed by atoms with Gasteiger partial charge in [0.05, 0.1) is 78.7 Å². The number of ether oxygens (including phenoxy) is 6. The number of phosphoric acid groups is 2. The first-order chi connectivity index (χ1) is 30.1. The number of carbonyl (C=O) groups excluding carboxylic acids is 1. The normalized spacial score (nSPS) is 30.2. The van der Waals surface area contributed by atoms with Crippen molar-refractivity contribution in [1.82, 2.24) is 44.4 Å². The van der Waals surface area contributed by atoms with Crippen LogP contribution in [0.1, 0.15) is 18.9 Å². The highest BCUT2D eigenvalue weighted by Crippen LogP contribution is 2.53. The first kappa shape index (κ1) is 46.7. The Balaban J connectivity index is 1.06. The van der Waals surface area contributed by atoms with Gasteiger partial charge < -0.3 is 65.8 Å². The van der Waals surface area contributed by atoms with Gasteiger partial charge in [-0.2, -0.15) is 9.97 Å². The number of nitrogens with zero attached hydrogens (tertiary/aromatic N) is 6. The molecular weight excluding hydrogens is 890 g/mol. The van der Waals surface area contributed by atoms with Crippen LogP contribution in [0, 0.1) is 0 Å². The minimum absolute atomic E-state index is 0.0984. The SMILES string of the molecule is NCCOCCOCCOCCOCCC(=O)NC1[C@H]2OP(=O)(O)OC[C@H]3O[C@@H](n4cnc5c(=O)[nH]c(N)nc54)[C@@H](O)C3OP(=O)(O)OC[C@H]2O[C@H]1n1cnc2c(=O)[nH]c(N)nc21. The molecule has 10 atom stereocenters. The van der Waals surface area contributed by atoms with Gasteiger partial charge >= 0.3 is 15.6 Å². The molecule has 7 heterocycles. The summed E-state index contributed by atoms with van der Waals surface area (Å²) in [6, 6.07) is -1.46. The van der Waals surface area contributed by atoms with Crippen molar-refractivity contribution in [3.05, 3.63) is 33.4 Å². The molecule has 0 radical (unpaired) electrons. The number of phosphoric ester groups is 2. The molecular formula is C31H46N12O18P2. The molecule has 32 heteroatoms. The number of fused-ring (bicyclic) bond motifs is 4. The first-order valence-electron chi connectivity index (χ1n) is 19.2. The molecule has 0 aromatic carbocycles. The summed E-state index contributed by atoms with van der Waals surface area (Å²) in [5.74, 6) is -1.28. The van der Waals surface area contributed by atoms with Crippen molar-refractivity contribution in [2.24, 2.45) is 5.73 Å². The molecule has 7 rings (SSSR count). The number of amides is 1. The summed E-state index contributed by atoms with van der Waals surface area (Å²) in [5, 5.41) is 14.0. The van der Waals surface area contributed by atoms with Crippen LogP contribution in [0.4, 0.5) is 11.9 Å². The number of H-pyrrole nitrogens is 2. The Kier molecular flexibility index (Phi) is 15.0. The summed E-state index contributed by atoms with van der Waals surface area (Å²) >= 11 is 0. The first-order valence-corrected chi connectivity index (χ1v) is 22.2. The van der Waals surface area contributed by atoms with Gasteiger partial charge in [0.15, 0.2) is 34.8 Å². The van der Waals surface area contributed by atoms with Crippen LogP contribution in [-0.4, -0.2) is 169 Å². The lowest BCUT2D eigenvalue weighted by Crippen LogP contribution is -2.48. The average molecular weight is 937 g/mol. The Bertz CT molecular complexity index is 2430. The van der Waals surface area contributed by atoms with Crippen LogP contribution in [0.15, 0.2) is 22.2 Å². The third-order valence-corrected chi connectivity index (χ3v) is 11.6. The van der Waals surface area contributed by atoms with E-state index in [9.17, 15) is 38.4 Å². The molecule has 0 aliphatic carbocycles. The maximum atomic E-state index is 13.7. The number of nitrogens with one attached hydrogen (secondary N) is 3. The highest BCUT2D eigenvalue weighted by atomic mass is 31.2. The molecule has 4 aromatic heterocycles. The Morgan fingerprint density at radius 1 is 0.762 bits per heavy atom. The highest BCUT2D eigenvalue weighted by Gasteiger charge is 2.54. The minimum Gasteiger partial charge on any atom is -0.386 e. The topological polar surface area (TPSA) is 421 Å². The molecule has 63 heavy (non-hydrogen) atoms. The van der Waals surface area contributed by atoms with Gasteiger partial charge in [-0.3, -0.25) is 51.6 Å². The van der Waals surface area contributed by atoms with E-state index in [0.717, 1.165) is 17.2 Å². The summed E-state index contributed by atoms with van der Waals surface area (Å²) in [6.07, 6.45) is -9.50. The fourth-order valence-electron chi connectivity index (χ4n) is 6.84. The third kappa shape index (κ3) is 11.1. The van der Waals surface area contributed by atoms with Crippen LogP contribution in [0.3, 0.4) is 0 Å². The zero-order chi connectivity index (χ0) is 44.9. The summed E-state index contributed by atoms with van der Waals surface area (Å²) < 4.78 is 84.7. The van der Waals surface area contributed by atoms with Crippen LogP contribution in [0.5, 0.6) is 0 Å². The molecule has 4 unspecified atom stereocenters. The van der Waals surface area contributed by atoms with Crippen molar-refractivity contribution >= 4 is 55.8 Å². The molecule has 4 aromatic rings. The lowest BCUT2D eigenvalue weighted by atomic mass is 10.1. The fraction of sp³-hybridized carbons (Fsp3) is 0.645. The van der Waals surface area contributed by atoms with Gasteiger partial charge in [-0.05, 0) is 0 Å². The van der Waals surface area contributed by atoms with Crippen molar-refractivity contribution < 1.29 is 75.3 Å². The van der Waals surface area contributed by atoms with Gasteiger partial charge in [-0.15, -0.1) is 0 Å². The molecule has 1 amide bonds. The van der Waals surface area contributed by atoms with E-state index in [0.29, 0.717) is 33.0 Å². The second-order valence-corrected chi connectivity index (χ2v) is 16.7. The molecule has 3 fully saturated rings. The van der Waals surface area contributed by atoms with E-state index in [-0.39, 0.29) is 67.1 Å². The molecule has 0 saturated carbocycles. The van der Waals surface area contributed by atoms with Gasteiger partial charge in [-0.25, -0.2) is 19.1 Å². The van der Waals surface area contributed by atoms with Gasteiger partial charge in [0.25, 0.3) is 11.1 Å². The smallest absolute Gasteiger partial charge is 0.386 e. The van der Waals surface area contributed by atoms with Crippen LogP contribution >= 0.6 is 15.6 Å². The summed E-state index contributed by atoms with van der Waals surface area (Å²) in [5.41, 5.74) is 14.8. The van der Waals surface area contributed by atoms with Crippen LogP contribution in [-0.2, 0) is 60.4 Å². The summed E-state index contributed by atoms with van der Waals surface area (Å²) in [6.45, 7) is 0.664. The van der Waals surface area contributed by atoms with Crippen LogP contribution < -0.4 is 33.6 Å². The van der Waals surface area contributed by atoms with Crippen molar-refractivity contribution in [3.63, 3.8) is 0 Å². The number of imidazole rings is 2. The largest absolute Gasteiger partial charge is 0.472 e. The Hall–Kier alpha value is -4.33. The van der Waals surface area contributed by atoms with E-state index in [2.05, 4.69) is 35.2 Å². The maximum absolute atomic E-state index is 13.7. The van der Waals surface area contributed by atoms with E-state index in [1.165, 1.54) is 4.57 Å². The lowest BCUT2D eigenvalue weighted by molar-refractivity contribution is -0.124. The maximum Gasteiger partial charge on any atom is 0.472 e. The number of hydrogen-bond donors (Lipinski definition) is 9. The fourth-order valence-corrected chi connectivity index (χ4v) is 8.77. The summed E-state index contributed by atoms with van der Waals surface area (Å²) in [4.78, 5) is 81.3. The van der Waals surface area contributed by atoms with Gasteiger partial charge in [0, 0.05) is 13.0 Å². The van der Waals surface area contributed by atoms with Gasteiger partial charge in [0.2, 0.25) is 17.8 Å².